The molecule has 0 unspecified atom stereocenters. The predicted octanol–water partition coefficient (Wildman–Crippen LogP) is 3.78. The lowest BCUT2D eigenvalue weighted by molar-refractivity contribution is -0.138. The van der Waals surface area contributed by atoms with Crippen LogP contribution >= 0.6 is 11.6 Å². The number of benzene rings is 1. The first-order valence-corrected chi connectivity index (χ1v) is 9.79. The molecule has 4 nitrogen and oxygen atoms in total. The standard InChI is InChI=1S/C20H27ClN2O2/c21-18-8-5-16(6-9-18)13-23-14-17(7-10-19(23)24)20(25)22-12-11-15-3-1-2-4-15/h5-6,8-9,15,17H,1-4,7,10-14H2,(H,22,25)/t17-/m1/s1. The smallest absolute Gasteiger partial charge is 0.224 e. The van der Waals surface area contributed by atoms with Crippen molar-refractivity contribution in [1.82, 2.24) is 10.2 Å². The van der Waals surface area contributed by atoms with Gasteiger partial charge in [-0.25, -0.2) is 0 Å². The van der Waals surface area contributed by atoms with E-state index in [0.717, 1.165) is 24.4 Å². The number of carbonyl (C=O) groups is 2. The molecule has 25 heavy (non-hydrogen) atoms. The van der Waals surface area contributed by atoms with Gasteiger partial charge in [0.2, 0.25) is 11.8 Å². The van der Waals surface area contributed by atoms with Crippen molar-refractivity contribution >= 4 is 23.4 Å². The van der Waals surface area contributed by atoms with E-state index in [0.29, 0.717) is 31.0 Å². The quantitative estimate of drug-likeness (QED) is 0.837. The van der Waals surface area contributed by atoms with Gasteiger partial charge in [-0.15, -0.1) is 0 Å². The number of hydrogen-bond acceptors (Lipinski definition) is 2. The van der Waals surface area contributed by atoms with Gasteiger partial charge in [0.05, 0.1) is 5.92 Å². The van der Waals surface area contributed by atoms with Gasteiger partial charge in [0.1, 0.15) is 0 Å². The molecule has 1 saturated carbocycles. The van der Waals surface area contributed by atoms with Gasteiger partial charge >= 0.3 is 0 Å². The van der Waals surface area contributed by atoms with Crippen molar-refractivity contribution in [2.45, 2.75) is 51.5 Å². The van der Waals surface area contributed by atoms with Gasteiger partial charge in [0.25, 0.3) is 0 Å². The number of nitrogens with one attached hydrogen (secondary N) is 1. The van der Waals surface area contributed by atoms with Gasteiger partial charge in [-0.2, -0.15) is 0 Å². The molecule has 2 aliphatic rings. The number of piperidine rings is 1. The third-order valence-electron chi connectivity index (χ3n) is 5.48. The molecule has 0 radical (unpaired) electrons. The summed E-state index contributed by atoms with van der Waals surface area (Å²) in [6, 6.07) is 7.53. The molecule has 1 heterocycles. The highest BCUT2D eigenvalue weighted by Gasteiger charge is 2.30. The topological polar surface area (TPSA) is 49.4 Å². The lowest BCUT2D eigenvalue weighted by Gasteiger charge is -2.32. The molecule has 1 N–H and O–H groups in total. The number of rotatable bonds is 6. The zero-order chi connectivity index (χ0) is 17.6. The zero-order valence-corrected chi connectivity index (χ0v) is 15.4. The second-order valence-electron chi connectivity index (χ2n) is 7.37. The van der Waals surface area contributed by atoms with Gasteiger partial charge in [-0.3, -0.25) is 9.59 Å². The van der Waals surface area contributed by atoms with Crippen LogP contribution in [-0.4, -0.2) is 29.8 Å². The lowest BCUT2D eigenvalue weighted by Crippen LogP contribution is -2.45. The largest absolute Gasteiger partial charge is 0.356 e. The average molecular weight is 363 g/mol. The first-order chi connectivity index (χ1) is 12.1. The molecule has 3 rings (SSSR count). The van der Waals surface area contributed by atoms with Crippen molar-refractivity contribution in [1.29, 1.82) is 0 Å². The molecule has 1 aromatic rings. The highest BCUT2D eigenvalue weighted by Crippen LogP contribution is 2.27. The van der Waals surface area contributed by atoms with Gasteiger partial charge in [0.15, 0.2) is 0 Å². The van der Waals surface area contributed by atoms with Gasteiger partial charge < -0.3 is 10.2 Å². The molecule has 1 saturated heterocycles. The normalized spacial score (nSPS) is 21.6. The van der Waals surface area contributed by atoms with Crippen LogP contribution in [0, 0.1) is 11.8 Å². The number of nitrogens with zero attached hydrogens (tertiary/aromatic N) is 1. The Balaban J connectivity index is 1.47. The Kier molecular flexibility index (Phi) is 6.35. The Bertz CT molecular complexity index is 596. The second-order valence-corrected chi connectivity index (χ2v) is 7.80. The molecule has 0 spiro atoms. The van der Waals surface area contributed by atoms with Crippen molar-refractivity contribution in [3.63, 3.8) is 0 Å². The number of likely N-dealkylation sites (tertiary alicyclic amines) is 1. The van der Waals surface area contributed by atoms with Crippen molar-refractivity contribution in [3.8, 4) is 0 Å². The van der Waals surface area contributed by atoms with Crippen molar-refractivity contribution in [3.05, 3.63) is 34.9 Å². The van der Waals surface area contributed by atoms with Crippen LogP contribution in [0.2, 0.25) is 5.02 Å². The minimum Gasteiger partial charge on any atom is -0.356 e. The maximum absolute atomic E-state index is 12.5. The third kappa shape index (κ3) is 5.21. The van der Waals surface area contributed by atoms with Gasteiger partial charge in [-0.1, -0.05) is 49.4 Å². The van der Waals surface area contributed by atoms with Crippen LogP contribution in [0.15, 0.2) is 24.3 Å². The van der Waals surface area contributed by atoms with E-state index in [2.05, 4.69) is 5.32 Å². The van der Waals surface area contributed by atoms with Crippen molar-refractivity contribution in [2.24, 2.45) is 11.8 Å². The molecule has 2 fully saturated rings. The molecule has 0 aromatic heterocycles. The molecule has 1 atom stereocenters. The summed E-state index contributed by atoms with van der Waals surface area (Å²) in [6.45, 7) is 1.82. The van der Waals surface area contributed by atoms with Crippen LogP contribution in [0.25, 0.3) is 0 Å². The van der Waals surface area contributed by atoms with Crippen LogP contribution in [0.5, 0.6) is 0 Å². The minimum absolute atomic E-state index is 0.0893. The molecule has 1 aromatic carbocycles. The van der Waals surface area contributed by atoms with E-state index < -0.39 is 0 Å². The zero-order valence-electron chi connectivity index (χ0n) is 14.7. The molecular formula is C20H27ClN2O2. The fraction of sp³-hybridized carbons (Fsp3) is 0.600. The van der Waals surface area contributed by atoms with E-state index in [9.17, 15) is 9.59 Å². The molecule has 1 aliphatic heterocycles. The van der Waals surface area contributed by atoms with E-state index in [4.69, 9.17) is 11.6 Å². The second kappa shape index (κ2) is 8.70. The maximum atomic E-state index is 12.5. The van der Waals surface area contributed by atoms with Crippen LogP contribution in [0.4, 0.5) is 0 Å². The lowest BCUT2D eigenvalue weighted by atomic mass is 9.95. The van der Waals surface area contributed by atoms with E-state index in [1.165, 1.54) is 25.7 Å². The summed E-state index contributed by atoms with van der Waals surface area (Å²) in [5.74, 6) is 0.930. The monoisotopic (exact) mass is 362 g/mol. The number of halogens is 1. The Hall–Kier alpha value is -1.55. The van der Waals surface area contributed by atoms with E-state index in [-0.39, 0.29) is 17.7 Å². The van der Waals surface area contributed by atoms with E-state index in [1.807, 2.05) is 24.3 Å². The van der Waals surface area contributed by atoms with E-state index >= 15 is 0 Å². The maximum Gasteiger partial charge on any atom is 0.224 e. The van der Waals surface area contributed by atoms with Crippen molar-refractivity contribution in [2.75, 3.05) is 13.1 Å². The third-order valence-corrected chi connectivity index (χ3v) is 5.74. The number of amides is 2. The van der Waals surface area contributed by atoms with Crippen LogP contribution in [0.1, 0.15) is 50.5 Å². The van der Waals surface area contributed by atoms with Crippen LogP contribution in [-0.2, 0) is 16.1 Å². The first-order valence-electron chi connectivity index (χ1n) is 9.42. The molecule has 2 amide bonds. The highest BCUT2D eigenvalue weighted by molar-refractivity contribution is 6.30. The summed E-state index contributed by atoms with van der Waals surface area (Å²) in [5, 5.41) is 3.78. The summed E-state index contributed by atoms with van der Waals surface area (Å²) in [5.41, 5.74) is 1.04. The molecular weight excluding hydrogens is 336 g/mol. The van der Waals surface area contributed by atoms with Crippen LogP contribution < -0.4 is 5.32 Å². The predicted molar refractivity (Wildman–Crippen MR) is 99.2 cm³/mol. The van der Waals surface area contributed by atoms with Crippen LogP contribution in [0.3, 0.4) is 0 Å². The summed E-state index contributed by atoms with van der Waals surface area (Å²) in [7, 11) is 0. The molecule has 0 bridgehead atoms. The summed E-state index contributed by atoms with van der Waals surface area (Å²) >= 11 is 5.91. The SMILES string of the molecule is O=C(NCCC1CCCC1)[C@@H]1CCC(=O)N(Cc2ccc(Cl)cc2)C1. The molecule has 5 heteroatoms. The summed E-state index contributed by atoms with van der Waals surface area (Å²) < 4.78 is 0. The van der Waals surface area contributed by atoms with Gasteiger partial charge in [0, 0.05) is 31.1 Å². The summed E-state index contributed by atoms with van der Waals surface area (Å²) in [6.07, 6.45) is 7.49. The van der Waals surface area contributed by atoms with Gasteiger partial charge in [-0.05, 0) is 36.5 Å². The Morgan fingerprint density at radius 2 is 1.88 bits per heavy atom. The summed E-state index contributed by atoms with van der Waals surface area (Å²) in [4.78, 5) is 26.4. The van der Waals surface area contributed by atoms with E-state index in [1.54, 1.807) is 4.90 Å². The first kappa shape index (κ1) is 18.2. The molecule has 1 aliphatic carbocycles. The molecule has 136 valence electrons. The Morgan fingerprint density at radius 3 is 2.60 bits per heavy atom. The Morgan fingerprint density at radius 1 is 1.16 bits per heavy atom. The Labute approximate surface area is 154 Å². The fourth-order valence-corrected chi connectivity index (χ4v) is 4.06. The number of hydrogen-bond donors (Lipinski definition) is 1. The fourth-order valence-electron chi connectivity index (χ4n) is 3.93. The van der Waals surface area contributed by atoms with Crippen molar-refractivity contribution < 1.29 is 9.59 Å². The minimum atomic E-state index is -0.0893. The average Bonchev–Trinajstić information content (AvgIpc) is 3.12. The highest BCUT2D eigenvalue weighted by atomic mass is 35.5. The number of carbonyl (C=O) groups excluding carboxylic acids is 2.